The van der Waals surface area contributed by atoms with E-state index in [0.717, 1.165) is 83.5 Å². The van der Waals surface area contributed by atoms with Gasteiger partial charge in [-0.2, -0.15) is 0 Å². The van der Waals surface area contributed by atoms with Gasteiger partial charge in [-0.15, -0.1) is 0 Å². The highest BCUT2D eigenvalue weighted by Crippen LogP contribution is 2.14. The molecule has 0 N–H and O–H groups in total. The molecular weight excluding hydrogens is 757 g/mol. The normalized spacial score (nSPS) is 12.2. The van der Waals surface area contributed by atoms with Crippen LogP contribution in [0.25, 0.3) is 0 Å². The van der Waals surface area contributed by atoms with Gasteiger partial charge in [0.05, 0.1) is 0 Å². The van der Waals surface area contributed by atoms with Crippen LogP contribution in [-0.4, -0.2) is 37.2 Å². The van der Waals surface area contributed by atoms with E-state index in [-0.39, 0.29) is 31.1 Å². The number of hydrogen-bond donors (Lipinski definition) is 0. The lowest BCUT2D eigenvalue weighted by Gasteiger charge is -2.18. The minimum atomic E-state index is -0.780. The maximum absolute atomic E-state index is 12.8. The third-order valence-electron chi connectivity index (χ3n) is 11.6. The predicted octanol–water partition coefficient (Wildman–Crippen LogP) is 17.3. The molecule has 0 aliphatic rings. The van der Waals surface area contributed by atoms with Crippen LogP contribution in [0.5, 0.6) is 0 Å². The van der Waals surface area contributed by atoms with Crippen LogP contribution in [0.3, 0.4) is 0 Å². The fraction of sp³-hybridized carbons (Fsp3) is 0.836. The summed E-state index contributed by atoms with van der Waals surface area (Å²) in [7, 11) is 0. The molecule has 0 fully saturated rings. The predicted molar refractivity (Wildman–Crippen MR) is 261 cm³/mol. The lowest BCUT2D eigenvalue weighted by Crippen LogP contribution is -2.30. The standard InChI is InChI=1S/C55H100O6/c1-4-7-10-13-16-19-22-25-27-29-30-33-36-39-42-45-48-54(57)60-51-52(50-59-53(56)47-44-41-38-35-32-24-21-18-15-12-9-6-3)61-55(58)49-46-43-40-37-34-31-28-26-23-20-17-14-11-8-5-2/h18,21,26-29,52H,4-17,19-20,22-25,30-51H2,1-3H3/b21-18-,28-26-,29-27-. The number of carbonyl (C=O) groups is 3. The van der Waals surface area contributed by atoms with E-state index in [1.165, 1.54) is 154 Å². The molecule has 0 aromatic rings. The maximum atomic E-state index is 12.8. The van der Waals surface area contributed by atoms with E-state index in [9.17, 15) is 14.4 Å². The van der Waals surface area contributed by atoms with Crippen LogP contribution in [0.15, 0.2) is 36.5 Å². The number of ether oxygens (including phenoxy) is 3. The van der Waals surface area contributed by atoms with Gasteiger partial charge >= 0.3 is 17.9 Å². The molecule has 0 radical (unpaired) electrons. The highest BCUT2D eigenvalue weighted by atomic mass is 16.6. The Bertz CT molecular complexity index is 1030. The topological polar surface area (TPSA) is 78.9 Å². The van der Waals surface area contributed by atoms with Gasteiger partial charge in [-0.1, -0.05) is 198 Å². The zero-order chi connectivity index (χ0) is 44.4. The van der Waals surface area contributed by atoms with Crippen molar-refractivity contribution in [3.05, 3.63) is 36.5 Å². The van der Waals surface area contributed by atoms with Crippen LogP contribution < -0.4 is 0 Å². The van der Waals surface area contributed by atoms with Gasteiger partial charge in [0.1, 0.15) is 13.2 Å². The first-order chi connectivity index (χ1) is 30.0. The van der Waals surface area contributed by atoms with E-state index in [2.05, 4.69) is 57.2 Å². The van der Waals surface area contributed by atoms with E-state index in [0.29, 0.717) is 19.3 Å². The second-order valence-corrected chi connectivity index (χ2v) is 17.8. The van der Waals surface area contributed by atoms with Gasteiger partial charge in [-0.05, 0) is 96.3 Å². The zero-order valence-electron chi connectivity index (χ0n) is 40.7. The molecule has 0 spiro atoms. The van der Waals surface area contributed by atoms with Gasteiger partial charge in [0, 0.05) is 19.3 Å². The fourth-order valence-electron chi connectivity index (χ4n) is 7.54. The second-order valence-electron chi connectivity index (χ2n) is 17.8. The average molecular weight is 857 g/mol. The molecule has 1 unspecified atom stereocenters. The van der Waals surface area contributed by atoms with Crippen molar-refractivity contribution in [2.24, 2.45) is 0 Å². The SMILES string of the molecule is CCCCC/C=C\CCCCCCCC(=O)OCC(COC(=O)CCCCCCC/C=C\CCCCCCCCC)OC(=O)CCCCCCC/C=C\CCCCCCCC. The van der Waals surface area contributed by atoms with E-state index in [1.807, 2.05) is 0 Å². The molecule has 0 amide bonds. The zero-order valence-corrected chi connectivity index (χ0v) is 40.7. The first-order valence-corrected chi connectivity index (χ1v) is 26.5. The van der Waals surface area contributed by atoms with E-state index < -0.39 is 6.10 Å². The summed E-state index contributed by atoms with van der Waals surface area (Å²) >= 11 is 0. The molecule has 0 heterocycles. The second kappa shape index (κ2) is 50.3. The summed E-state index contributed by atoms with van der Waals surface area (Å²) in [5, 5.41) is 0. The molecule has 0 aromatic carbocycles. The Kier molecular flexibility index (Phi) is 48.3. The van der Waals surface area contributed by atoms with Crippen molar-refractivity contribution < 1.29 is 28.6 Å². The van der Waals surface area contributed by atoms with Crippen molar-refractivity contribution in [3.63, 3.8) is 0 Å². The van der Waals surface area contributed by atoms with Gasteiger partial charge in [0.25, 0.3) is 0 Å². The highest BCUT2D eigenvalue weighted by Gasteiger charge is 2.19. The van der Waals surface area contributed by atoms with Crippen molar-refractivity contribution in [3.8, 4) is 0 Å². The van der Waals surface area contributed by atoms with Crippen LogP contribution in [0.2, 0.25) is 0 Å². The van der Waals surface area contributed by atoms with Crippen LogP contribution in [0.4, 0.5) is 0 Å². The Balaban J connectivity index is 4.38. The van der Waals surface area contributed by atoms with E-state index in [1.54, 1.807) is 0 Å². The molecule has 0 aromatic heterocycles. The lowest BCUT2D eigenvalue weighted by atomic mass is 10.1. The van der Waals surface area contributed by atoms with Gasteiger partial charge in [-0.3, -0.25) is 14.4 Å². The summed E-state index contributed by atoms with van der Waals surface area (Å²) in [5.74, 6) is -0.897. The van der Waals surface area contributed by atoms with E-state index in [4.69, 9.17) is 14.2 Å². The van der Waals surface area contributed by atoms with Crippen molar-refractivity contribution in [2.75, 3.05) is 13.2 Å². The molecule has 356 valence electrons. The molecule has 0 saturated heterocycles. The molecule has 6 nitrogen and oxygen atoms in total. The number of hydrogen-bond acceptors (Lipinski definition) is 6. The van der Waals surface area contributed by atoms with Gasteiger partial charge in [0.2, 0.25) is 0 Å². The Morgan fingerprint density at radius 2 is 0.541 bits per heavy atom. The third kappa shape index (κ3) is 48.5. The number of esters is 3. The molecule has 0 rings (SSSR count). The Morgan fingerprint density at radius 3 is 0.852 bits per heavy atom. The minimum Gasteiger partial charge on any atom is -0.462 e. The summed E-state index contributed by atoms with van der Waals surface area (Å²) in [6.45, 7) is 6.60. The van der Waals surface area contributed by atoms with Gasteiger partial charge in [-0.25, -0.2) is 0 Å². The Labute approximate surface area is 378 Å². The molecule has 61 heavy (non-hydrogen) atoms. The third-order valence-corrected chi connectivity index (χ3v) is 11.6. The van der Waals surface area contributed by atoms with Crippen LogP contribution in [0, 0.1) is 0 Å². The molecule has 1 atom stereocenters. The average Bonchev–Trinajstić information content (AvgIpc) is 3.26. The quantitative estimate of drug-likeness (QED) is 0.0262. The van der Waals surface area contributed by atoms with E-state index >= 15 is 0 Å². The highest BCUT2D eigenvalue weighted by molar-refractivity contribution is 5.71. The summed E-state index contributed by atoms with van der Waals surface area (Å²) in [6.07, 6.45) is 58.4. The number of allylic oxidation sites excluding steroid dienone is 6. The summed E-state index contributed by atoms with van der Waals surface area (Å²) in [5.41, 5.74) is 0. The van der Waals surface area contributed by atoms with Crippen LogP contribution in [0.1, 0.15) is 278 Å². The molecule has 0 bridgehead atoms. The molecule has 0 saturated carbocycles. The van der Waals surface area contributed by atoms with Crippen molar-refractivity contribution >= 4 is 17.9 Å². The fourth-order valence-corrected chi connectivity index (χ4v) is 7.54. The number of unbranched alkanes of at least 4 members (excludes halogenated alkanes) is 31. The Hall–Kier alpha value is -2.37. The maximum Gasteiger partial charge on any atom is 0.306 e. The minimum absolute atomic E-state index is 0.0809. The molecule has 6 heteroatoms. The number of carbonyl (C=O) groups excluding carboxylic acids is 3. The Morgan fingerprint density at radius 1 is 0.311 bits per heavy atom. The van der Waals surface area contributed by atoms with Crippen LogP contribution >= 0.6 is 0 Å². The number of rotatable bonds is 48. The molecule has 0 aliphatic carbocycles. The summed E-state index contributed by atoms with van der Waals surface area (Å²) < 4.78 is 16.8. The lowest BCUT2D eigenvalue weighted by molar-refractivity contribution is -0.167. The smallest absolute Gasteiger partial charge is 0.306 e. The van der Waals surface area contributed by atoms with Crippen LogP contribution in [-0.2, 0) is 28.6 Å². The molecule has 0 aliphatic heterocycles. The van der Waals surface area contributed by atoms with Crippen molar-refractivity contribution in [1.82, 2.24) is 0 Å². The summed E-state index contributed by atoms with van der Waals surface area (Å²) in [6, 6.07) is 0. The largest absolute Gasteiger partial charge is 0.462 e. The van der Waals surface area contributed by atoms with Gasteiger partial charge < -0.3 is 14.2 Å². The molecular formula is C55H100O6. The van der Waals surface area contributed by atoms with Crippen molar-refractivity contribution in [1.29, 1.82) is 0 Å². The van der Waals surface area contributed by atoms with Crippen molar-refractivity contribution in [2.45, 2.75) is 284 Å². The van der Waals surface area contributed by atoms with Gasteiger partial charge in [0.15, 0.2) is 6.10 Å². The summed E-state index contributed by atoms with van der Waals surface area (Å²) in [4.78, 5) is 38.0. The monoisotopic (exact) mass is 857 g/mol. The first-order valence-electron chi connectivity index (χ1n) is 26.5. The first kappa shape index (κ1) is 58.6.